The first-order valence-corrected chi connectivity index (χ1v) is 4.35. The second-order valence-electron chi connectivity index (χ2n) is 2.85. The molecule has 0 aliphatic rings. The van der Waals surface area contributed by atoms with Crippen LogP contribution in [0.15, 0.2) is 0 Å². The van der Waals surface area contributed by atoms with Gasteiger partial charge in [-0.15, -0.1) is 0 Å². The molecule has 0 rings (SSSR count). The first-order chi connectivity index (χ1) is 4.09. The number of nitrogens with two attached hydrogens (primary N) is 1. The molecule has 0 bridgehead atoms. The van der Waals surface area contributed by atoms with Gasteiger partial charge in [0.15, 0.2) is 0 Å². The average Bonchev–Trinajstić information content (AvgIpc) is 1.84. The summed E-state index contributed by atoms with van der Waals surface area (Å²) >= 11 is 3.52. The fourth-order valence-corrected chi connectivity index (χ4v) is 1.24. The normalized spacial score (nSPS) is 18.0. The fraction of sp³-hybridized carbons (Fsp3) is 1.00. The largest absolute Gasteiger partial charge is 0.329 e. The van der Waals surface area contributed by atoms with Crippen molar-refractivity contribution in [3.05, 3.63) is 0 Å². The van der Waals surface area contributed by atoms with E-state index in [4.69, 9.17) is 5.73 Å². The van der Waals surface area contributed by atoms with E-state index in [1.165, 1.54) is 0 Å². The third kappa shape index (κ3) is 3.21. The Hall–Kier alpha value is 0.440. The number of rotatable bonds is 3. The van der Waals surface area contributed by atoms with Gasteiger partial charge in [-0.25, -0.2) is 0 Å². The van der Waals surface area contributed by atoms with Gasteiger partial charge >= 0.3 is 0 Å². The molecular weight excluding hydrogens is 178 g/mol. The molecule has 2 heteroatoms. The van der Waals surface area contributed by atoms with Crippen LogP contribution in [0.2, 0.25) is 0 Å². The molecule has 0 aliphatic carbocycles. The highest BCUT2D eigenvalue weighted by Crippen LogP contribution is 2.19. The summed E-state index contributed by atoms with van der Waals surface area (Å²) in [6, 6.07) is 0. The molecule has 0 aromatic carbocycles. The van der Waals surface area contributed by atoms with Crippen molar-refractivity contribution in [2.24, 2.45) is 17.6 Å². The second-order valence-corrected chi connectivity index (χ2v) is 4.03. The number of halogens is 1. The van der Waals surface area contributed by atoms with E-state index in [1.807, 2.05) is 0 Å². The number of hydrogen-bond acceptors (Lipinski definition) is 1. The fourth-order valence-electron chi connectivity index (χ4n) is 0.632. The van der Waals surface area contributed by atoms with Gasteiger partial charge < -0.3 is 5.73 Å². The van der Waals surface area contributed by atoms with E-state index in [0.29, 0.717) is 10.7 Å². The van der Waals surface area contributed by atoms with Crippen LogP contribution in [0.3, 0.4) is 0 Å². The highest BCUT2D eigenvalue weighted by Gasteiger charge is 2.14. The van der Waals surface area contributed by atoms with Crippen LogP contribution < -0.4 is 5.73 Å². The SMILES string of the molecule is CC(C)[C@H](C)C(Br)CN. The topological polar surface area (TPSA) is 26.0 Å². The van der Waals surface area contributed by atoms with Gasteiger partial charge in [0.2, 0.25) is 0 Å². The van der Waals surface area contributed by atoms with Gasteiger partial charge in [-0.3, -0.25) is 0 Å². The molecule has 9 heavy (non-hydrogen) atoms. The van der Waals surface area contributed by atoms with Crippen LogP contribution in [-0.4, -0.2) is 11.4 Å². The zero-order valence-electron chi connectivity index (χ0n) is 6.39. The van der Waals surface area contributed by atoms with Crippen LogP contribution in [0.1, 0.15) is 20.8 Å². The number of alkyl halides is 1. The molecule has 0 saturated carbocycles. The van der Waals surface area contributed by atoms with Gasteiger partial charge in [-0.05, 0) is 11.8 Å². The monoisotopic (exact) mass is 193 g/mol. The summed E-state index contributed by atoms with van der Waals surface area (Å²) in [7, 11) is 0. The first kappa shape index (κ1) is 9.44. The molecule has 2 N–H and O–H groups in total. The van der Waals surface area contributed by atoms with Crippen molar-refractivity contribution in [1.29, 1.82) is 0 Å². The van der Waals surface area contributed by atoms with Crippen LogP contribution in [-0.2, 0) is 0 Å². The Labute approximate surface area is 66.1 Å². The molecule has 56 valence electrons. The summed E-state index contributed by atoms with van der Waals surface area (Å²) in [5, 5.41) is 0. The number of hydrogen-bond donors (Lipinski definition) is 1. The quantitative estimate of drug-likeness (QED) is 0.683. The smallest absolute Gasteiger partial charge is 0.0296 e. The molecule has 0 aromatic rings. The highest BCUT2D eigenvalue weighted by atomic mass is 79.9. The third-order valence-electron chi connectivity index (χ3n) is 1.85. The predicted molar refractivity (Wildman–Crippen MR) is 45.8 cm³/mol. The van der Waals surface area contributed by atoms with E-state index in [9.17, 15) is 0 Å². The maximum absolute atomic E-state index is 5.46. The lowest BCUT2D eigenvalue weighted by atomic mass is 9.95. The first-order valence-electron chi connectivity index (χ1n) is 3.43. The van der Waals surface area contributed by atoms with E-state index >= 15 is 0 Å². The second kappa shape index (κ2) is 4.29. The van der Waals surface area contributed by atoms with E-state index in [2.05, 4.69) is 36.7 Å². The zero-order chi connectivity index (χ0) is 7.44. The lowest BCUT2D eigenvalue weighted by Gasteiger charge is -2.19. The standard InChI is InChI=1S/C7H16BrN/c1-5(2)6(3)7(8)4-9/h5-7H,4,9H2,1-3H3/t6-,7?/m0/s1. The van der Waals surface area contributed by atoms with E-state index < -0.39 is 0 Å². The molecule has 0 spiro atoms. The van der Waals surface area contributed by atoms with E-state index in [0.717, 1.165) is 12.5 Å². The van der Waals surface area contributed by atoms with E-state index in [-0.39, 0.29) is 0 Å². The molecule has 0 heterocycles. The molecule has 2 atom stereocenters. The minimum atomic E-state index is 0.484. The lowest BCUT2D eigenvalue weighted by molar-refractivity contribution is 0.412. The summed E-state index contributed by atoms with van der Waals surface area (Å²) in [4.78, 5) is 0.484. The molecule has 0 aromatic heterocycles. The molecular formula is C7H16BrN. The Morgan fingerprint density at radius 1 is 1.33 bits per heavy atom. The van der Waals surface area contributed by atoms with Crippen LogP contribution in [0.5, 0.6) is 0 Å². The minimum Gasteiger partial charge on any atom is -0.329 e. The van der Waals surface area contributed by atoms with Crippen LogP contribution in [0.4, 0.5) is 0 Å². The van der Waals surface area contributed by atoms with Crippen LogP contribution >= 0.6 is 15.9 Å². The summed E-state index contributed by atoms with van der Waals surface area (Å²) in [5.41, 5.74) is 5.46. The van der Waals surface area contributed by atoms with Crippen molar-refractivity contribution < 1.29 is 0 Å². The van der Waals surface area contributed by atoms with Gasteiger partial charge in [-0.1, -0.05) is 36.7 Å². The summed E-state index contributed by atoms with van der Waals surface area (Å²) in [5.74, 6) is 1.40. The summed E-state index contributed by atoms with van der Waals surface area (Å²) in [6.45, 7) is 7.39. The van der Waals surface area contributed by atoms with Crippen molar-refractivity contribution in [3.8, 4) is 0 Å². The van der Waals surface area contributed by atoms with Crippen molar-refractivity contribution >= 4 is 15.9 Å². The maximum atomic E-state index is 5.46. The van der Waals surface area contributed by atoms with Gasteiger partial charge in [0.1, 0.15) is 0 Å². The molecule has 0 radical (unpaired) electrons. The van der Waals surface area contributed by atoms with Crippen molar-refractivity contribution in [1.82, 2.24) is 0 Å². The van der Waals surface area contributed by atoms with E-state index in [1.54, 1.807) is 0 Å². The zero-order valence-corrected chi connectivity index (χ0v) is 7.98. The van der Waals surface area contributed by atoms with Gasteiger partial charge in [0, 0.05) is 11.4 Å². The molecule has 0 fully saturated rings. The predicted octanol–water partition coefficient (Wildman–Crippen LogP) is 2.00. The molecule has 1 nitrogen and oxygen atoms in total. The third-order valence-corrected chi connectivity index (χ3v) is 3.05. The van der Waals surface area contributed by atoms with Crippen molar-refractivity contribution in [2.75, 3.05) is 6.54 Å². The van der Waals surface area contributed by atoms with Crippen molar-refractivity contribution in [3.63, 3.8) is 0 Å². The highest BCUT2D eigenvalue weighted by molar-refractivity contribution is 9.09. The van der Waals surface area contributed by atoms with Crippen LogP contribution in [0, 0.1) is 11.8 Å². The molecule has 0 saturated heterocycles. The minimum absolute atomic E-state index is 0.484. The average molecular weight is 194 g/mol. The van der Waals surface area contributed by atoms with Crippen molar-refractivity contribution in [2.45, 2.75) is 25.6 Å². The van der Waals surface area contributed by atoms with Gasteiger partial charge in [-0.2, -0.15) is 0 Å². The molecule has 0 aliphatic heterocycles. The van der Waals surface area contributed by atoms with Gasteiger partial charge in [0.25, 0.3) is 0 Å². The Balaban J connectivity index is 3.58. The summed E-state index contributed by atoms with van der Waals surface area (Å²) < 4.78 is 0. The Morgan fingerprint density at radius 2 is 1.78 bits per heavy atom. The Morgan fingerprint density at radius 3 is 1.89 bits per heavy atom. The van der Waals surface area contributed by atoms with Gasteiger partial charge in [0.05, 0.1) is 0 Å². The molecule has 1 unspecified atom stereocenters. The Kier molecular flexibility index (Phi) is 4.50. The Bertz CT molecular complexity index is 73.3. The summed E-state index contributed by atoms with van der Waals surface area (Å²) in [6.07, 6.45) is 0. The maximum Gasteiger partial charge on any atom is 0.0296 e. The lowest BCUT2D eigenvalue weighted by Crippen LogP contribution is -2.24. The molecule has 0 amide bonds. The van der Waals surface area contributed by atoms with Crippen LogP contribution in [0.25, 0.3) is 0 Å².